The highest BCUT2D eigenvalue weighted by Gasteiger charge is 2.27. The molecule has 0 unspecified atom stereocenters. The zero-order valence-electron chi connectivity index (χ0n) is 10.2. The number of para-hydroxylation sites is 1. The van der Waals surface area contributed by atoms with Gasteiger partial charge in [-0.1, -0.05) is 18.2 Å². The summed E-state index contributed by atoms with van der Waals surface area (Å²) in [7, 11) is 0. The molecule has 2 aliphatic rings. The number of anilines is 1. The van der Waals surface area contributed by atoms with Crippen molar-refractivity contribution < 1.29 is 4.79 Å². The van der Waals surface area contributed by atoms with Gasteiger partial charge in [-0.05, 0) is 37.3 Å². The third kappa shape index (κ3) is 2.08. The lowest BCUT2D eigenvalue weighted by Gasteiger charge is -2.39. The Hall–Kier alpha value is -1.31. The van der Waals surface area contributed by atoms with E-state index in [0.717, 1.165) is 32.2 Å². The minimum Gasteiger partial charge on any atom is -0.368 e. The lowest BCUT2D eigenvalue weighted by Crippen LogP contribution is -2.41. The molecule has 3 rings (SSSR count). The Balaban J connectivity index is 1.83. The number of hydrogen-bond acceptors (Lipinski definition) is 2. The number of Topliss-reactive ketones (excluding diaryl/α,β-unsaturated/α-hetero) is 1. The number of hydrogen-bond donors (Lipinski definition) is 0. The molecule has 90 valence electrons. The molecule has 0 N–H and O–H groups in total. The Morgan fingerprint density at radius 2 is 1.82 bits per heavy atom. The molecule has 1 aliphatic heterocycles. The van der Waals surface area contributed by atoms with Crippen LogP contribution < -0.4 is 4.90 Å². The van der Waals surface area contributed by atoms with Crippen molar-refractivity contribution in [2.75, 3.05) is 11.4 Å². The van der Waals surface area contributed by atoms with Crippen LogP contribution in [-0.2, 0) is 11.2 Å². The molecule has 0 spiro atoms. The van der Waals surface area contributed by atoms with Gasteiger partial charge in [0, 0.05) is 31.1 Å². The fourth-order valence-corrected chi connectivity index (χ4v) is 3.18. The Bertz CT molecular complexity index is 417. The highest BCUT2D eigenvalue weighted by Crippen LogP contribution is 2.32. The average molecular weight is 229 g/mol. The number of benzene rings is 1. The lowest BCUT2D eigenvalue weighted by molar-refractivity contribution is -0.120. The van der Waals surface area contributed by atoms with Crippen molar-refractivity contribution in [1.82, 2.24) is 0 Å². The van der Waals surface area contributed by atoms with Gasteiger partial charge in [0.2, 0.25) is 0 Å². The average Bonchev–Trinajstić information content (AvgIpc) is 2.39. The minimum absolute atomic E-state index is 0.451. The van der Waals surface area contributed by atoms with Crippen molar-refractivity contribution in [2.45, 2.75) is 44.6 Å². The molecule has 0 amide bonds. The molecule has 1 heterocycles. The Morgan fingerprint density at radius 3 is 2.65 bits per heavy atom. The number of carbonyl (C=O) groups excluding carboxylic acids is 1. The summed E-state index contributed by atoms with van der Waals surface area (Å²) < 4.78 is 0. The van der Waals surface area contributed by atoms with Gasteiger partial charge in [-0.2, -0.15) is 0 Å². The number of rotatable bonds is 1. The van der Waals surface area contributed by atoms with Crippen LogP contribution in [0.15, 0.2) is 24.3 Å². The highest BCUT2D eigenvalue weighted by molar-refractivity contribution is 5.79. The van der Waals surface area contributed by atoms with Crippen LogP contribution in [0.3, 0.4) is 0 Å². The molecular formula is C15H19NO. The summed E-state index contributed by atoms with van der Waals surface area (Å²) in [6.45, 7) is 1.16. The predicted molar refractivity (Wildman–Crippen MR) is 69.4 cm³/mol. The summed E-state index contributed by atoms with van der Waals surface area (Å²) >= 11 is 0. The molecule has 0 saturated heterocycles. The van der Waals surface area contributed by atoms with Gasteiger partial charge >= 0.3 is 0 Å². The van der Waals surface area contributed by atoms with E-state index in [1.807, 2.05) is 0 Å². The summed E-state index contributed by atoms with van der Waals surface area (Å²) in [6.07, 6.45) is 6.12. The normalized spacial score (nSPS) is 21.4. The molecule has 1 aromatic carbocycles. The maximum Gasteiger partial charge on any atom is 0.133 e. The summed E-state index contributed by atoms with van der Waals surface area (Å²) in [6, 6.07) is 9.34. The number of carbonyl (C=O) groups is 1. The molecule has 1 aromatic rings. The van der Waals surface area contributed by atoms with Crippen molar-refractivity contribution in [3.8, 4) is 0 Å². The molecule has 0 bridgehead atoms. The third-order valence-corrected chi connectivity index (χ3v) is 4.10. The number of nitrogens with zero attached hydrogens (tertiary/aromatic N) is 1. The Labute approximate surface area is 103 Å². The fourth-order valence-electron chi connectivity index (χ4n) is 3.18. The maximum absolute atomic E-state index is 11.3. The monoisotopic (exact) mass is 229 g/mol. The van der Waals surface area contributed by atoms with Crippen LogP contribution in [0.1, 0.15) is 37.7 Å². The molecule has 17 heavy (non-hydrogen) atoms. The fraction of sp³-hybridized carbons (Fsp3) is 0.533. The summed E-state index contributed by atoms with van der Waals surface area (Å²) in [5.41, 5.74) is 2.90. The van der Waals surface area contributed by atoms with E-state index in [-0.39, 0.29) is 0 Å². The zero-order valence-corrected chi connectivity index (χ0v) is 10.2. The van der Waals surface area contributed by atoms with Crippen molar-refractivity contribution in [3.63, 3.8) is 0 Å². The summed E-state index contributed by atoms with van der Waals surface area (Å²) in [5, 5.41) is 0. The summed E-state index contributed by atoms with van der Waals surface area (Å²) in [4.78, 5) is 13.9. The van der Waals surface area contributed by atoms with E-state index in [9.17, 15) is 4.79 Å². The quantitative estimate of drug-likeness (QED) is 0.738. The van der Waals surface area contributed by atoms with Gasteiger partial charge in [0.25, 0.3) is 0 Å². The third-order valence-electron chi connectivity index (χ3n) is 4.10. The van der Waals surface area contributed by atoms with E-state index >= 15 is 0 Å². The first-order valence-corrected chi connectivity index (χ1v) is 6.71. The predicted octanol–water partition coefficient (Wildman–Crippen LogP) is 2.95. The Kier molecular flexibility index (Phi) is 2.87. The van der Waals surface area contributed by atoms with Gasteiger partial charge in [0.15, 0.2) is 0 Å². The highest BCUT2D eigenvalue weighted by atomic mass is 16.1. The van der Waals surface area contributed by atoms with E-state index in [2.05, 4.69) is 29.2 Å². The number of fused-ring (bicyclic) bond motifs is 1. The van der Waals surface area contributed by atoms with E-state index in [4.69, 9.17) is 0 Å². The lowest BCUT2D eigenvalue weighted by atomic mass is 9.90. The van der Waals surface area contributed by atoms with Gasteiger partial charge in [-0.25, -0.2) is 0 Å². The SMILES string of the molecule is O=C1CCC(N2CCCc3ccccc32)CC1. The second kappa shape index (κ2) is 4.52. The van der Waals surface area contributed by atoms with E-state index in [1.165, 1.54) is 24.1 Å². The molecule has 1 saturated carbocycles. The second-order valence-electron chi connectivity index (χ2n) is 5.20. The van der Waals surface area contributed by atoms with Crippen LogP contribution in [-0.4, -0.2) is 18.4 Å². The molecule has 2 nitrogen and oxygen atoms in total. The van der Waals surface area contributed by atoms with Crippen molar-refractivity contribution in [2.24, 2.45) is 0 Å². The van der Waals surface area contributed by atoms with Gasteiger partial charge in [-0.15, -0.1) is 0 Å². The Morgan fingerprint density at radius 1 is 1.06 bits per heavy atom. The molecule has 0 atom stereocenters. The number of ketones is 1. The van der Waals surface area contributed by atoms with Crippen molar-refractivity contribution >= 4 is 11.5 Å². The van der Waals surface area contributed by atoms with Crippen molar-refractivity contribution in [3.05, 3.63) is 29.8 Å². The van der Waals surface area contributed by atoms with E-state index < -0.39 is 0 Å². The molecule has 2 heteroatoms. The van der Waals surface area contributed by atoms with E-state index in [0.29, 0.717) is 11.8 Å². The van der Waals surface area contributed by atoms with Gasteiger partial charge in [-0.3, -0.25) is 4.79 Å². The van der Waals surface area contributed by atoms with Crippen LogP contribution in [0.4, 0.5) is 5.69 Å². The van der Waals surface area contributed by atoms with Crippen LogP contribution in [0.5, 0.6) is 0 Å². The minimum atomic E-state index is 0.451. The molecule has 0 aromatic heterocycles. The number of aryl methyl sites for hydroxylation is 1. The largest absolute Gasteiger partial charge is 0.368 e. The first-order valence-electron chi connectivity index (χ1n) is 6.71. The second-order valence-corrected chi connectivity index (χ2v) is 5.20. The molecular weight excluding hydrogens is 210 g/mol. The van der Waals surface area contributed by atoms with Crippen LogP contribution in [0.2, 0.25) is 0 Å². The first kappa shape index (κ1) is 10.8. The topological polar surface area (TPSA) is 20.3 Å². The van der Waals surface area contributed by atoms with Crippen LogP contribution in [0.25, 0.3) is 0 Å². The standard InChI is InChI=1S/C15H19NO/c17-14-9-7-13(8-10-14)16-11-3-5-12-4-1-2-6-15(12)16/h1-2,4,6,13H,3,5,7-11H2. The van der Waals surface area contributed by atoms with Crippen LogP contribution >= 0.6 is 0 Å². The van der Waals surface area contributed by atoms with Crippen molar-refractivity contribution in [1.29, 1.82) is 0 Å². The van der Waals surface area contributed by atoms with Crippen LogP contribution in [0, 0.1) is 0 Å². The molecule has 0 radical (unpaired) electrons. The van der Waals surface area contributed by atoms with Gasteiger partial charge in [0.05, 0.1) is 0 Å². The maximum atomic E-state index is 11.3. The zero-order chi connectivity index (χ0) is 11.7. The molecule has 1 aliphatic carbocycles. The summed E-state index contributed by atoms with van der Waals surface area (Å²) in [5.74, 6) is 0.451. The van der Waals surface area contributed by atoms with Gasteiger partial charge < -0.3 is 4.90 Å². The van der Waals surface area contributed by atoms with E-state index in [1.54, 1.807) is 0 Å². The smallest absolute Gasteiger partial charge is 0.133 e. The van der Waals surface area contributed by atoms with Gasteiger partial charge in [0.1, 0.15) is 5.78 Å². The first-order chi connectivity index (χ1) is 8.34. The molecule has 1 fully saturated rings.